The fraction of sp³-hybridized carbons (Fsp3) is 0.579. The molecule has 0 radical (unpaired) electrons. The topological polar surface area (TPSA) is 19.6 Å². The lowest BCUT2D eigenvalue weighted by Crippen LogP contribution is -2.57. The molecule has 0 amide bonds. The summed E-state index contributed by atoms with van der Waals surface area (Å²) in [6.07, 6.45) is 7.24. The summed E-state index contributed by atoms with van der Waals surface area (Å²) in [7, 11) is 2.27. The first-order valence-electron chi connectivity index (χ1n) is 8.71. The third-order valence-electron chi connectivity index (χ3n) is 5.98. The SMILES string of the molecule is CN(Cc1ccco1)[C@@H]1CCC12CCN(Cc1ccsc1)CC2. The van der Waals surface area contributed by atoms with Crippen molar-refractivity contribution >= 4 is 11.3 Å². The summed E-state index contributed by atoms with van der Waals surface area (Å²) in [5.74, 6) is 1.09. The molecule has 0 aromatic carbocycles. The normalized spacial score (nSPS) is 24.2. The van der Waals surface area contributed by atoms with E-state index in [4.69, 9.17) is 4.42 Å². The van der Waals surface area contributed by atoms with Gasteiger partial charge >= 0.3 is 0 Å². The predicted octanol–water partition coefficient (Wildman–Crippen LogP) is 4.22. The van der Waals surface area contributed by atoms with E-state index in [9.17, 15) is 0 Å². The number of likely N-dealkylation sites (tertiary alicyclic amines) is 1. The van der Waals surface area contributed by atoms with Crippen LogP contribution in [0, 0.1) is 5.41 Å². The lowest BCUT2D eigenvalue weighted by atomic mass is 9.58. The van der Waals surface area contributed by atoms with Crippen LogP contribution in [0.4, 0.5) is 0 Å². The maximum atomic E-state index is 5.53. The van der Waals surface area contributed by atoms with E-state index in [2.05, 4.69) is 39.7 Å². The molecule has 4 rings (SSSR count). The summed E-state index contributed by atoms with van der Waals surface area (Å²) in [5.41, 5.74) is 2.04. The number of rotatable bonds is 5. The van der Waals surface area contributed by atoms with E-state index in [1.165, 1.54) is 44.3 Å². The Bertz CT molecular complexity index is 599. The van der Waals surface area contributed by atoms with Crippen LogP contribution in [0.25, 0.3) is 0 Å². The van der Waals surface area contributed by atoms with Crippen LogP contribution >= 0.6 is 11.3 Å². The minimum absolute atomic E-state index is 0.562. The highest BCUT2D eigenvalue weighted by Gasteiger charge is 2.49. The van der Waals surface area contributed by atoms with Crippen molar-refractivity contribution < 1.29 is 4.42 Å². The first-order chi connectivity index (χ1) is 11.3. The van der Waals surface area contributed by atoms with Gasteiger partial charge in [-0.05, 0) is 85.8 Å². The Balaban J connectivity index is 1.33. The van der Waals surface area contributed by atoms with Gasteiger partial charge in [-0.15, -0.1) is 0 Å². The molecule has 2 fully saturated rings. The van der Waals surface area contributed by atoms with Gasteiger partial charge in [0, 0.05) is 12.6 Å². The second kappa shape index (κ2) is 6.42. The van der Waals surface area contributed by atoms with Crippen molar-refractivity contribution in [2.24, 2.45) is 5.41 Å². The maximum Gasteiger partial charge on any atom is 0.117 e. The second-order valence-electron chi connectivity index (χ2n) is 7.32. The first-order valence-corrected chi connectivity index (χ1v) is 9.66. The van der Waals surface area contributed by atoms with Crippen LogP contribution < -0.4 is 0 Å². The van der Waals surface area contributed by atoms with Gasteiger partial charge in [0.2, 0.25) is 0 Å². The van der Waals surface area contributed by atoms with Crippen LogP contribution in [0.3, 0.4) is 0 Å². The fourth-order valence-electron chi connectivity index (χ4n) is 4.51. The number of hydrogen-bond acceptors (Lipinski definition) is 4. The number of nitrogens with zero attached hydrogens (tertiary/aromatic N) is 2. The van der Waals surface area contributed by atoms with Gasteiger partial charge in [0.25, 0.3) is 0 Å². The molecule has 1 spiro atoms. The molecule has 4 heteroatoms. The van der Waals surface area contributed by atoms with E-state index < -0.39 is 0 Å². The summed E-state index contributed by atoms with van der Waals surface area (Å²) >= 11 is 1.81. The van der Waals surface area contributed by atoms with Gasteiger partial charge < -0.3 is 4.42 Å². The van der Waals surface area contributed by atoms with E-state index in [0.29, 0.717) is 5.41 Å². The molecule has 3 heterocycles. The van der Waals surface area contributed by atoms with E-state index in [1.54, 1.807) is 6.26 Å². The van der Waals surface area contributed by atoms with E-state index in [0.717, 1.165) is 24.9 Å². The highest BCUT2D eigenvalue weighted by atomic mass is 32.1. The fourth-order valence-corrected chi connectivity index (χ4v) is 5.17. The van der Waals surface area contributed by atoms with Crippen LogP contribution in [-0.2, 0) is 13.1 Å². The molecule has 0 N–H and O–H groups in total. The van der Waals surface area contributed by atoms with Crippen LogP contribution in [0.15, 0.2) is 39.6 Å². The molecule has 124 valence electrons. The maximum absolute atomic E-state index is 5.53. The average Bonchev–Trinajstić information content (AvgIpc) is 3.21. The lowest BCUT2D eigenvalue weighted by molar-refractivity contribution is -0.0648. The van der Waals surface area contributed by atoms with Crippen molar-refractivity contribution in [2.75, 3.05) is 20.1 Å². The third kappa shape index (κ3) is 3.12. The zero-order chi connectivity index (χ0) is 15.7. The Morgan fingerprint density at radius 2 is 2.17 bits per heavy atom. The van der Waals surface area contributed by atoms with Crippen molar-refractivity contribution in [1.29, 1.82) is 0 Å². The van der Waals surface area contributed by atoms with Gasteiger partial charge in [0.1, 0.15) is 5.76 Å². The molecule has 23 heavy (non-hydrogen) atoms. The van der Waals surface area contributed by atoms with Crippen molar-refractivity contribution in [1.82, 2.24) is 9.80 Å². The van der Waals surface area contributed by atoms with E-state index in [1.807, 2.05) is 17.4 Å². The quantitative estimate of drug-likeness (QED) is 0.818. The average molecular weight is 330 g/mol. The van der Waals surface area contributed by atoms with Gasteiger partial charge in [-0.3, -0.25) is 9.80 Å². The molecule has 3 nitrogen and oxygen atoms in total. The van der Waals surface area contributed by atoms with E-state index in [-0.39, 0.29) is 0 Å². The Morgan fingerprint density at radius 1 is 1.30 bits per heavy atom. The second-order valence-corrected chi connectivity index (χ2v) is 8.10. The number of piperidine rings is 1. The monoisotopic (exact) mass is 330 g/mol. The van der Waals surface area contributed by atoms with Crippen molar-refractivity contribution in [3.63, 3.8) is 0 Å². The summed E-state index contributed by atoms with van der Waals surface area (Å²) < 4.78 is 5.53. The third-order valence-corrected chi connectivity index (χ3v) is 6.71. The highest BCUT2D eigenvalue weighted by Crippen LogP contribution is 2.51. The van der Waals surface area contributed by atoms with Crippen LogP contribution in [0.1, 0.15) is 37.0 Å². The number of thiophene rings is 1. The minimum Gasteiger partial charge on any atom is -0.468 e. The van der Waals surface area contributed by atoms with Crippen LogP contribution in [0.5, 0.6) is 0 Å². The molecule has 1 saturated heterocycles. The summed E-state index contributed by atoms with van der Waals surface area (Å²) in [6, 6.07) is 7.07. The smallest absolute Gasteiger partial charge is 0.117 e. The molecule has 2 aromatic rings. The van der Waals surface area contributed by atoms with Crippen molar-refractivity contribution in [3.8, 4) is 0 Å². The summed E-state index contributed by atoms with van der Waals surface area (Å²) in [4.78, 5) is 5.16. The minimum atomic E-state index is 0.562. The van der Waals surface area contributed by atoms with Gasteiger partial charge in [-0.2, -0.15) is 11.3 Å². The molecular formula is C19H26N2OS. The highest BCUT2D eigenvalue weighted by molar-refractivity contribution is 7.07. The van der Waals surface area contributed by atoms with E-state index >= 15 is 0 Å². The molecule has 1 saturated carbocycles. The predicted molar refractivity (Wildman–Crippen MR) is 94.5 cm³/mol. The van der Waals surface area contributed by atoms with Crippen molar-refractivity contribution in [2.45, 2.75) is 44.8 Å². The Hall–Kier alpha value is -1.10. The first kappa shape index (κ1) is 15.4. The molecular weight excluding hydrogens is 304 g/mol. The largest absolute Gasteiger partial charge is 0.468 e. The Kier molecular flexibility index (Phi) is 4.31. The van der Waals surface area contributed by atoms with Gasteiger partial charge in [-0.1, -0.05) is 0 Å². The van der Waals surface area contributed by atoms with Gasteiger partial charge in [0.05, 0.1) is 12.8 Å². The lowest BCUT2D eigenvalue weighted by Gasteiger charge is -2.57. The summed E-state index contributed by atoms with van der Waals surface area (Å²) in [5, 5.41) is 4.47. The molecule has 2 aromatic heterocycles. The molecule has 2 aliphatic rings. The molecule has 1 atom stereocenters. The Labute approximate surface area is 142 Å². The number of hydrogen-bond donors (Lipinski definition) is 0. The van der Waals surface area contributed by atoms with Crippen molar-refractivity contribution in [3.05, 3.63) is 46.5 Å². The molecule has 1 aliphatic heterocycles. The Morgan fingerprint density at radius 3 is 2.78 bits per heavy atom. The zero-order valence-corrected chi connectivity index (χ0v) is 14.7. The zero-order valence-electron chi connectivity index (χ0n) is 13.9. The van der Waals surface area contributed by atoms with Gasteiger partial charge in [-0.25, -0.2) is 0 Å². The van der Waals surface area contributed by atoms with Crippen LogP contribution in [0.2, 0.25) is 0 Å². The molecule has 1 aliphatic carbocycles. The molecule has 0 unspecified atom stereocenters. The van der Waals surface area contributed by atoms with Gasteiger partial charge in [0.15, 0.2) is 0 Å². The summed E-state index contributed by atoms with van der Waals surface area (Å²) in [6.45, 7) is 4.58. The van der Waals surface area contributed by atoms with Crippen LogP contribution in [-0.4, -0.2) is 36.0 Å². The molecule has 0 bridgehead atoms. The standard InChI is InChI=1S/C19H26N2OS/c1-20(14-17-3-2-11-22-17)18-4-6-19(18)7-9-21(10-8-19)13-16-5-12-23-15-16/h2-3,5,11-12,15,18H,4,6-10,13-14H2,1H3/t18-/m1/s1. The number of furan rings is 1.